The third-order valence-electron chi connectivity index (χ3n) is 5.21. The third-order valence-corrected chi connectivity index (χ3v) is 6.09. The first kappa shape index (κ1) is 19.5. The molecule has 4 aromatic rings. The minimum Gasteiger partial charge on any atom is -0.309 e. The molecule has 1 amide bonds. The van der Waals surface area contributed by atoms with Gasteiger partial charge < -0.3 is 5.32 Å². The number of nitrogens with one attached hydrogen (secondary N) is 1. The number of nitrogens with zero attached hydrogens (tertiary/aromatic N) is 2. The second kappa shape index (κ2) is 8.00. The largest absolute Gasteiger partial charge is 0.309 e. The van der Waals surface area contributed by atoms with E-state index in [1.54, 1.807) is 24.3 Å². The van der Waals surface area contributed by atoms with E-state index < -0.39 is 0 Å². The number of fused-ring (bicyclic) bond motifs is 3. The Bertz CT molecular complexity index is 1270. The molecule has 2 heterocycles. The van der Waals surface area contributed by atoms with E-state index in [0.717, 1.165) is 27.4 Å². The highest BCUT2D eigenvalue weighted by atomic mass is 32.1. The van der Waals surface area contributed by atoms with Gasteiger partial charge in [0, 0.05) is 5.56 Å². The van der Waals surface area contributed by atoms with Crippen molar-refractivity contribution in [3.05, 3.63) is 88.4 Å². The topological polar surface area (TPSA) is 54.9 Å². The minimum atomic E-state index is -0.343. The van der Waals surface area contributed by atoms with Crippen LogP contribution < -0.4 is 5.32 Å². The maximum atomic E-state index is 13.7. The molecule has 0 bridgehead atoms. The van der Waals surface area contributed by atoms with E-state index in [4.69, 9.17) is 9.97 Å². The van der Waals surface area contributed by atoms with Crippen molar-refractivity contribution in [1.29, 1.82) is 0 Å². The number of amides is 1. The molecule has 0 radical (unpaired) electrons. The number of hydrogen-bond donors (Lipinski definition) is 1. The average molecular weight is 433 g/mol. The predicted molar refractivity (Wildman–Crippen MR) is 117 cm³/mol. The van der Waals surface area contributed by atoms with Crippen molar-refractivity contribution in [3.8, 4) is 21.8 Å². The molecule has 2 aromatic carbocycles. The smallest absolute Gasteiger partial charge is 0.230 e. The number of benzene rings is 2. The number of carbonyl (C=O) groups is 1. The van der Waals surface area contributed by atoms with Gasteiger partial charge in [0.25, 0.3) is 0 Å². The normalized spacial score (nSPS) is 12.2. The van der Waals surface area contributed by atoms with Crippen LogP contribution in [0.1, 0.15) is 16.8 Å². The number of halogens is 2. The van der Waals surface area contributed by atoms with Gasteiger partial charge in [-0.05, 0) is 65.7 Å². The zero-order valence-electron chi connectivity index (χ0n) is 16.4. The SMILES string of the molecule is O=C(Cc1ccc(F)cc1)Nc1nc2c(nc1-c1cccs1)-c1ccc(F)cc1CC2. The minimum absolute atomic E-state index is 0.102. The Kier molecular flexibility index (Phi) is 5.03. The molecule has 1 N–H and O–H groups in total. The maximum Gasteiger partial charge on any atom is 0.230 e. The van der Waals surface area contributed by atoms with Crippen molar-refractivity contribution >= 4 is 23.1 Å². The molecule has 1 aliphatic rings. The van der Waals surface area contributed by atoms with Crippen molar-refractivity contribution in [2.75, 3.05) is 5.32 Å². The van der Waals surface area contributed by atoms with Gasteiger partial charge in [0.2, 0.25) is 5.91 Å². The highest BCUT2D eigenvalue weighted by Gasteiger charge is 2.23. The summed E-state index contributed by atoms with van der Waals surface area (Å²) in [5, 5.41) is 4.82. The molecule has 2 aromatic heterocycles. The van der Waals surface area contributed by atoms with E-state index in [-0.39, 0.29) is 24.0 Å². The molecule has 0 saturated heterocycles. The van der Waals surface area contributed by atoms with E-state index in [1.807, 2.05) is 17.5 Å². The second-order valence-electron chi connectivity index (χ2n) is 7.35. The molecule has 0 aliphatic heterocycles. The van der Waals surface area contributed by atoms with Crippen molar-refractivity contribution in [1.82, 2.24) is 9.97 Å². The van der Waals surface area contributed by atoms with Crippen molar-refractivity contribution in [2.24, 2.45) is 0 Å². The van der Waals surface area contributed by atoms with E-state index in [9.17, 15) is 13.6 Å². The Morgan fingerprint density at radius 3 is 2.55 bits per heavy atom. The van der Waals surface area contributed by atoms with E-state index in [2.05, 4.69) is 5.32 Å². The standard InChI is InChI=1S/C24H17F2N3OS/c25-16-6-3-14(4-7-16)12-21(30)28-24-23(20-2-1-11-31-20)29-22-18-9-8-17(26)13-15(18)5-10-19(22)27-24/h1-4,6-9,11,13H,5,10,12H2,(H,27,28,30). The molecule has 0 spiro atoms. The Morgan fingerprint density at radius 2 is 1.77 bits per heavy atom. The van der Waals surface area contributed by atoms with Crippen molar-refractivity contribution in [3.63, 3.8) is 0 Å². The lowest BCUT2D eigenvalue weighted by Gasteiger charge is -2.20. The molecule has 31 heavy (non-hydrogen) atoms. The van der Waals surface area contributed by atoms with Crippen LogP contribution in [0.15, 0.2) is 60.0 Å². The first-order chi connectivity index (χ1) is 15.1. The third kappa shape index (κ3) is 3.96. The zero-order chi connectivity index (χ0) is 21.4. The number of aromatic nitrogens is 2. The van der Waals surface area contributed by atoms with E-state index in [0.29, 0.717) is 29.9 Å². The Balaban J connectivity index is 1.52. The van der Waals surface area contributed by atoms with Crippen molar-refractivity contribution < 1.29 is 13.6 Å². The van der Waals surface area contributed by atoms with Gasteiger partial charge in [-0.25, -0.2) is 18.7 Å². The van der Waals surface area contributed by atoms with Gasteiger partial charge in [0.05, 0.1) is 22.7 Å². The molecule has 154 valence electrons. The lowest BCUT2D eigenvalue weighted by Crippen LogP contribution is -2.18. The van der Waals surface area contributed by atoms with Gasteiger partial charge in [-0.2, -0.15) is 0 Å². The Hall–Kier alpha value is -3.45. The molecular formula is C24H17F2N3OS. The van der Waals surface area contributed by atoms with E-state index in [1.165, 1.54) is 29.5 Å². The summed E-state index contributed by atoms with van der Waals surface area (Å²) in [6.45, 7) is 0. The molecule has 4 nitrogen and oxygen atoms in total. The summed E-state index contributed by atoms with van der Waals surface area (Å²) in [6, 6.07) is 14.4. The van der Waals surface area contributed by atoms with Crippen LogP contribution >= 0.6 is 11.3 Å². The van der Waals surface area contributed by atoms with Gasteiger partial charge in [0.15, 0.2) is 5.82 Å². The quantitative estimate of drug-likeness (QED) is 0.467. The van der Waals surface area contributed by atoms with Crippen LogP contribution in [0.5, 0.6) is 0 Å². The van der Waals surface area contributed by atoms with Crippen LogP contribution in [-0.4, -0.2) is 15.9 Å². The van der Waals surface area contributed by atoms with Crippen LogP contribution in [0.4, 0.5) is 14.6 Å². The number of carbonyl (C=O) groups excluding carboxylic acids is 1. The molecule has 0 saturated carbocycles. The summed E-state index contributed by atoms with van der Waals surface area (Å²) in [5.41, 5.74) is 4.57. The number of aryl methyl sites for hydroxylation is 2. The molecule has 1 aliphatic carbocycles. The Morgan fingerprint density at radius 1 is 0.968 bits per heavy atom. The monoisotopic (exact) mass is 433 g/mol. The summed E-state index contributed by atoms with van der Waals surface area (Å²) < 4.78 is 26.8. The van der Waals surface area contributed by atoms with Gasteiger partial charge in [-0.3, -0.25) is 4.79 Å². The second-order valence-corrected chi connectivity index (χ2v) is 8.29. The lowest BCUT2D eigenvalue weighted by atomic mass is 9.91. The number of anilines is 1. The zero-order valence-corrected chi connectivity index (χ0v) is 17.2. The van der Waals surface area contributed by atoms with Crippen LogP contribution in [0.3, 0.4) is 0 Å². The van der Waals surface area contributed by atoms with Crippen LogP contribution in [0.2, 0.25) is 0 Å². The first-order valence-electron chi connectivity index (χ1n) is 9.85. The number of hydrogen-bond acceptors (Lipinski definition) is 4. The highest BCUT2D eigenvalue weighted by molar-refractivity contribution is 7.13. The summed E-state index contributed by atoms with van der Waals surface area (Å²) >= 11 is 1.50. The van der Waals surface area contributed by atoms with Crippen molar-refractivity contribution in [2.45, 2.75) is 19.3 Å². The predicted octanol–water partition coefficient (Wildman–Crippen LogP) is 5.43. The molecule has 0 fully saturated rings. The van der Waals surface area contributed by atoms with Gasteiger partial charge in [0.1, 0.15) is 17.3 Å². The fourth-order valence-electron chi connectivity index (χ4n) is 3.75. The highest BCUT2D eigenvalue weighted by Crippen LogP contribution is 2.37. The van der Waals surface area contributed by atoms with Crippen LogP contribution in [0.25, 0.3) is 21.8 Å². The summed E-state index contributed by atoms with van der Waals surface area (Å²) in [7, 11) is 0. The molecule has 7 heteroatoms. The molecule has 0 atom stereocenters. The van der Waals surface area contributed by atoms with Gasteiger partial charge in [-0.1, -0.05) is 18.2 Å². The maximum absolute atomic E-state index is 13.7. The van der Waals surface area contributed by atoms with E-state index >= 15 is 0 Å². The molecule has 0 unspecified atom stereocenters. The number of rotatable bonds is 4. The van der Waals surface area contributed by atoms with Crippen LogP contribution in [-0.2, 0) is 24.1 Å². The summed E-state index contributed by atoms with van der Waals surface area (Å²) in [5.74, 6) is -0.459. The molecular weight excluding hydrogens is 416 g/mol. The first-order valence-corrected chi connectivity index (χ1v) is 10.7. The lowest BCUT2D eigenvalue weighted by molar-refractivity contribution is -0.115. The summed E-state index contributed by atoms with van der Waals surface area (Å²) in [4.78, 5) is 23.2. The summed E-state index contributed by atoms with van der Waals surface area (Å²) in [6.07, 6.45) is 1.38. The van der Waals surface area contributed by atoms with Crippen LogP contribution in [0, 0.1) is 11.6 Å². The molecule has 5 rings (SSSR count). The average Bonchev–Trinajstić information content (AvgIpc) is 3.29. The van der Waals surface area contributed by atoms with Gasteiger partial charge in [-0.15, -0.1) is 11.3 Å². The Labute approximate surface area is 181 Å². The fourth-order valence-corrected chi connectivity index (χ4v) is 4.46. The van der Waals surface area contributed by atoms with Gasteiger partial charge >= 0.3 is 0 Å². The number of thiophene rings is 1. The fraction of sp³-hybridized carbons (Fsp3) is 0.125.